The van der Waals surface area contributed by atoms with Crippen molar-refractivity contribution in [3.8, 4) is 0 Å². The molecule has 4 unspecified atom stereocenters. The highest BCUT2D eigenvalue weighted by Crippen LogP contribution is 2.33. The maximum Gasteiger partial charge on any atom is 0.0410 e. The van der Waals surface area contributed by atoms with Crippen LogP contribution in [-0.4, -0.2) is 24.5 Å². The van der Waals surface area contributed by atoms with E-state index in [1.807, 2.05) is 11.3 Å². The van der Waals surface area contributed by atoms with Gasteiger partial charge in [-0.25, -0.2) is 0 Å². The van der Waals surface area contributed by atoms with Crippen molar-refractivity contribution in [2.24, 2.45) is 17.6 Å². The molecule has 0 spiro atoms. The van der Waals surface area contributed by atoms with Crippen molar-refractivity contribution in [2.75, 3.05) is 13.6 Å². The van der Waals surface area contributed by atoms with Crippen LogP contribution >= 0.6 is 11.3 Å². The van der Waals surface area contributed by atoms with E-state index in [-0.39, 0.29) is 0 Å². The van der Waals surface area contributed by atoms with Gasteiger partial charge in [-0.2, -0.15) is 0 Å². The molecular weight excluding hydrogens is 264 g/mol. The van der Waals surface area contributed by atoms with Gasteiger partial charge in [-0.1, -0.05) is 25.8 Å². The molecule has 1 fully saturated rings. The van der Waals surface area contributed by atoms with Crippen LogP contribution in [0.4, 0.5) is 0 Å². The second kappa shape index (κ2) is 7.58. The number of thiophene rings is 1. The van der Waals surface area contributed by atoms with Crippen LogP contribution in [0.5, 0.6) is 0 Å². The Labute approximate surface area is 128 Å². The first-order chi connectivity index (χ1) is 9.61. The predicted octanol–water partition coefficient (Wildman–Crippen LogP) is 4.28. The SMILES string of the molecule is CCCC1CCC(N)C(CN(C)C(C)c2cccs2)C1. The molecule has 3 heteroatoms. The minimum atomic E-state index is 0.404. The van der Waals surface area contributed by atoms with Crippen LogP contribution in [0.3, 0.4) is 0 Å². The molecule has 0 saturated heterocycles. The van der Waals surface area contributed by atoms with Crippen molar-refractivity contribution in [2.45, 2.75) is 58.0 Å². The van der Waals surface area contributed by atoms with Crippen LogP contribution in [0.2, 0.25) is 0 Å². The number of nitrogens with zero attached hydrogens (tertiary/aromatic N) is 1. The molecule has 1 saturated carbocycles. The van der Waals surface area contributed by atoms with Gasteiger partial charge in [-0.15, -0.1) is 11.3 Å². The van der Waals surface area contributed by atoms with E-state index >= 15 is 0 Å². The van der Waals surface area contributed by atoms with Gasteiger partial charge in [0, 0.05) is 23.5 Å². The lowest BCUT2D eigenvalue weighted by Crippen LogP contribution is -2.42. The van der Waals surface area contributed by atoms with Crippen LogP contribution in [0.25, 0.3) is 0 Å². The van der Waals surface area contributed by atoms with Crippen LogP contribution < -0.4 is 5.73 Å². The number of hydrogen-bond donors (Lipinski definition) is 1. The van der Waals surface area contributed by atoms with Crippen molar-refractivity contribution in [3.05, 3.63) is 22.4 Å². The van der Waals surface area contributed by atoms with Gasteiger partial charge in [0.1, 0.15) is 0 Å². The fraction of sp³-hybridized carbons (Fsp3) is 0.765. The first-order valence-electron chi connectivity index (χ1n) is 8.11. The fourth-order valence-electron chi connectivity index (χ4n) is 3.54. The van der Waals surface area contributed by atoms with E-state index in [1.54, 1.807) is 0 Å². The number of hydrogen-bond acceptors (Lipinski definition) is 3. The van der Waals surface area contributed by atoms with Crippen molar-refractivity contribution < 1.29 is 0 Å². The quantitative estimate of drug-likeness (QED) is 0.848. The Morgan fingerprint density at radius 3 is 2.90 bits per heavy atom. The van der Waals surface area contributed by atoms with Crippen LogP contribution in [-0.2, 0) is 0 Å². The van der Waals surface area contributed by atoms with Crippen molar-refractivity contribution >= 4 is 11.3 Å². The van der Waals surface area contributed by atoms with Gasteiger partial charge < -0.3 is 5.73 Å². The zero-order chi connectivity index (χ0) is 14.5. The monoisotopic (exact) mass is 294 g/mol. The minimum absolute atomic E-state index is 0.404. The van der Waals surface area contributed by atoms with Crippen LogP contribution in [0.1, 0.15) is 56.9 Å². The lowest BCUT2D eigenvalue weighted by molar-refractivity contribution is 0.147. The standard InChI is InChI=1S/C17H30N2S/c1-4-6-14-8-9-16(18)15(11-14)12-19(3)13(2)17-7-5-10-20-17/h5,7,10,13-16H,4,6,8-9,11-12,18H2,1-3H3. The Kier molecular flexibility index (Phi) is 6.06. The van der Waals surface area contributed by atoms with Gasteiger partial charge in [0.25, 0.3) is 0 Å². The average Bonchev–Trinajstić information content (AvgIpc) is 2.96. The highest BCUT2D eigenvalue weighted by molar-refractivity contribution is 7.10. The molecule has 1 aromatic heterocycles. The lowest BCUT2D eigenvalue weighted by atomic mass is 9.76. The Morgan fingerprint density at radius 1 is 1.45 bits per heavy atom. The molecule has 4 atom stereocenters. The predicted molar refractivity (Wildman–Crippen MR) is 89.1 cm³/mol. The van der Waals surface area contributed by atoms with Crippen molar-refractivity contribution in [1.82, 2.24) is 4.90 Å². The van der Waals surface area contributed by atoms with Crippen LogP contribution in [0, 0.1) is 11.8 Å². The maximum atomic E-state index is 6.38. The van der Waals surface area contributed by atoms with E-state index in [4.69, 9.17) is 5.73 Å². The zero-order valence-electron chi connectivity index (χ0n) is 13.2. The largest absolute Gasteiger partial charge is 0.327 e. The van der Waals surface area contributed by atoms with Gasteiger partial charge in [-0.05, 0) is 56.5 Å². The summed E-state index contributed by atoms with van der Waals surface area (Å²) in [5.74, 6) is 1.59. The lowest BCUT2D eigenvalue weighted by Gasteiger charge is -2.37. The number of nitrogens with two attached hydrogens (primary N) is 1. The Bertz CT molecular complexity index is 376. The first kappa shape index (κ1) is 16.0. The summed E-state index contributed by atoms with van der Waals surface area (Å²) in [5.41, 5.74) is 6.38. The van der Waals surface area contributed by atoms with E-state index in [0.717, 1.165) is 12.5 Å². The summed E-state index contributed by atoms with van der Waals surface area (Å²) in [6.45, 7) is 5.75. The van der Waals surface area contributed by atoms with Gasteiger partial charge in [0.05, 0.1) is 0 Å². The Morgan fingerprint density at radius 2 is 2.25 bits per heavy atom. The summed E-state index contributed by atoms with van der Waals surface area (Å²) >= 11 is 1.86. The van der Waals surface area contributed by atoms with E-state index in [2.05, 4.69) is 43.3 Å². The normalized spacial score (nSPS) is 28.8. The summed E-state index contributed by atoms with van der Waals surface area (Å²) in [4.78, 5) is 3.95. The molecule has 1 aromatic rings. The molecule has 1 heterocycles. The van der Waals surface area contributed by atoms with Gasteiger partial charge in [-0.3, -0.25) is 4.90 Å². The molecule has 2 nitrogen and oxygen atoms in total. The Balaban J connectivity index is 1.90. The molecule has 0 aliphatic heterocycles. The first-order valence-corrected chi connectivity index (χ1v) is 8.99. The molecule has 114 valence electrons. The molecule has 2 rings (SSSR count). The molecule has 1 aliphatic rings. The molecular formula is C17H30N2S. The highest BCUT2D eigenvalue weighted by atomic mass is 32.1. The van der Waals surface area contributed by atoms with Crippen molar-refractivity contribution in [1.29, 1.82) is 0 Å². The molecule has 1 aliphatic carbocycles. The van der Waals surface area contributed by atoms with E-state index in [9.17, 15) is 0 Å². The zero-order valence-corrected chi connectivity index (χ0v) is 14.0. The third-order valence-corrected chi connectivity index (χ3v) is 6.03. The van der Waals surface area contributed by atoms with Gasteiger partial charge >= 0.3 is 0 Å². The molecule has 0 amide bonds. The van der Waals surface area contributed by atoms with Crippen LogP contribution in [0.15, 0.2) is 17.5 Å². The second-order valence-corrected chi connectivity index (χ2v) is 7.50. The van der Waals surface area contributed by atoms with E-state index in [1.165, 1.54) is 37.0 Å². The summed E-state index contributed by atoms with van der Waals surface area (Å²) in [6, 6.07) is 5.30. The summed E-state index contributed by atoms with van der Waals surface area (Å²) in [6.07, 6.45) is 6.59. The summed E-state index contributed by atoms with van der Waals surface area (Å²) < 4.78 is 0. The number of rotatable bonds is 6. The van der Waals surface area contributed by atoms with Gasteiger partial charge in [0.2, 0.25) is 0 Å². The summed E-state index contributed by atoms with van der Waals surface area (Å²) in [7, 11) is 2.25. The Hall–Kier alpha value is -0.380. The maximum absolute atomic E-state index is 6.38. The second-order valence-electron chi connectivity index (χ2n) is 6.52. The highest BCUT2D eigenvalue weighted by Gasteiger charge is 2.29. The molecule has 0 radical (unpaired) electrons. The van der Waals surface area contributed by atoms with E-state index < -0.39 is 0 Å². The summed E-state index contributed by atoms with van der Waals surface area (Å²) in [5, 5.41) is 2.17. The molecule has 20 heavy (non-hydrogen) atoms. The van der Waals surface area contributed by atoms with Gasteiger partial charge in [0.15, 0.2) is 0 Å². The topological polar surface area (TPSA) is 29.3 Å². The minimum Gasteiger partial charge on any atom is -0.327 e. The fourth-order valence-corrected chi connectivity index (χ4v) is 4.39. The molecule has 2 N–H and O–H groups in total. The average molecular weight is 295 g/mol. The van der Waals surface area contributed by atoms with Crippen molar-refractivity contribution in [3.63, 3.8) is 0 Å². The third kappa shape index (κ3) is 4.06. The molecule has 0 bridgehead atoms. The third-order valence-electron chi connectivity index (χ3n) is 4.99. The molecule has 0 aromatic carbocycles. The smallest absolute Gasteiger partial charge is 0.0410 e. The van der Waals surface area contributed by atoms with E-state index in [0.29, 0.717) is 18.0 Å².